The molecule has 2 aromatic carbocycles. The minimum absolute atomic E-state index is 0.0603. The second-order valence-electron chi connectivity index (χ2n) is 4.39. The van der Waals surface area contributed by atoms with E-state index in [1.165, 1.54) is 11.6 Å². The van der Waals surface area contributed by atoms with Gasteiger partial charge in [0, 0.05) is 11.1 Å². The Morgan fingerprint density at radius 2 is 1.72 bits per heavy atom. The molecule has 3 nitrogen and oxygen atoms in total. The highest BCUT2D eigenvalue weighted by atomic mass is 35.5. The topological polar surface area (TPSA) is 46.0 Å². The van der Waals surface area contributed by atoms with E-state index >= 15 is 0 Å². The number of hydrogen-bond donors (Lipinski definition) is 1. The first kappa shape index (κ1) is 11.2. The van der Waals surface area contributed by atoms with Crippen molar-refractivity contribution in [2.75, 3.05) is 0 Å². The normalized spacial score (nSPS) is 11.3. The Balaban J connectivity index is 2.51. The summed E-state index contributed by atoms with van der Waals surface area (Å²) in [6.45, 7) is 4.05. The first-order valence-corrected chi connectivity index (χ1v) is 6.00. The number of hydrogen-bond acceptors (Lipinski definition) is 3. The summed E-state index contributed by atoms with van der Waals surface area (Å²) >= 11 is 5.92. The molecule has 1 N–H and O–H groups in total. The molecule has 0 fully saturated rings. The molecule has 0 bridgehead atoms. The lowest BCUT2D eigenvalue weighted by Gasteiger charge is -2.07. The molecule has 3 rings (SSSR count). The highest BCUT2D eigenvalue weighted by Gasteiger charge is 2.09. The van der Waals surface area contributed by atoms with Crippen molar-refractivity contribution in [2.24, 2.45) is 0 Å². The first-order valence-electron chi connectivity index (χ1n) is 5.62. The monoisotopic (exact) mass is 258 g/mol. The summed E-state index contributed by atoms with van der Waals surface area (Å²) in [6, 6.07) is 7.11. The van der Waals surface area contributed by atoms with Crippen LogP contribution in [0.5, 0.6) is 5.75 Å². The highest BCUT2D eigenvalue weighted by molar-refractivity contribution is 6.31. The Kier molecular flexibility index (Phi) is 2.38. The molecule has 0 aliphatic rings. The van der Waals surface area contributed by atoms with Crippen LogP contribution < -0.4 is 0 Å². The molecule has 0 saturated carbocycles. The zero-order chi connectivity index (χ0) is 12.9. The number of aromatic nitrogens is 2. The van der Waals surface area contributed by atoms with Crippen molar-refractivity contribution in [1.29, 1.82) is 0 Å². The lowest BCUT2D eigenvalue weighted by Crippen LogP contribution is -1.92. The number of benzene rings is 2. The largest absolute Gasteiger partial charge is 0.506 e. The Labute approximate surface area is 109 Å². The molecule has 0 aliphatic carbocycles. The van der Waals surface area contributed by atoms with Crippen LogP contribution in [-0.2, 0) is 0 Å². The third kappa shape index (κ3) is 1.59. The zero-order valence-electron chi connectivity index (χ0n) is 10.0. The fourth-order valence-electron chi connectivity index (χ4n) is 2.03. The van der Waals surface area contributed by atoms with Crippen molar-refractivity contribution in [3.8, 4) is 5.75 Å². The van der Waals surface area contributed by atoms with Gasteiger partial charge in [0.2, 0.25) is 0 Å². The minimum Gasteiger partial charge on any atom is -0.506 e. The number of fused-ring (bicyclic) bond motifs is 2. The third-order valence-electron chi connectivity index (χ3n) is 3.18. The molecule has 4 heteroatoms. The Morgan fingerprint density at radius 3 is 2.50 bits per heavy atom. The van der Waals surface area contributed by atoms with Gasteiger partial charge in [-0.05, 0) is 37.1 Å². The number of phenolic OH excluding ortho intramolecular Hbond substituents is 1. The van der Waals surface area contributed by atoms with Gasteiger partial charge in [-0.2, -0.15) is 0 Å². The average Bonchev–Trinajstić information content (AvgIpc) is 2.33. The van der Waals surface area contributed by atoms with Crippen molar-refractivity contribution in [3.05, 3.63) is 40.4 Å². The van der Waals surface area contributed by atoms with Gasteiger partial charge < -0.3 is 5.11 Å². The molecule has 0 amide bonds. The van der Waals surface area contributed by atoms with E-state index in [9.17, 15) is 5.11 Å². The zero-order valence-corrected chi connectivity index (χ0v) is 10.8. The van der Waals surface area contributed by atoms with E-state index < -0.39 is 0 Å². The smallest absolute Gasteiger partial charge is 0.144 e. The molecule has 0 unspecified atom stereocenters. The summed E-state index contributed by atoms with van der Waals surface area (Å²) in [5.41, 5.74) is 4.99. The minimum atomic E-state index is 0.0603. The summed E-state index contributed by atoms with van der Waals surface area (Å²) in [5.74, 6) is 0.0603. The number of nitrogens with zero attached hydrogens (tertiary/aromatic N) is 2. The number of phenols is 1. The second kappa shape index (κ2) is 3.82. The van der Waals surface area contributed by atoms with Gasteiger partial charge >= 0.3 is 0 Å². The number of aromatic hydroxyl groups is 1. The van der Waals surface area contributed by atoms with Crippen molar-refractivity contribution >= 4 is 33.7 Å². The van der Waals surface area contributed by atoms with E-state index in [-0.39, 0.29) is 5.75 Å². The van der Waals surface area contributed by atoms with E-state index in [1.54, 1.807) is 6.07 Å². The summed E-state index contributed by atoms with van der Waals surface area (Å²) in [7, 11) is 0. The fourth-order valence-corrected chi connectivity index (χ4v) is 2.24. The maximum Gasteiger partial charge on any atom is 0.144 e. The Morgan fingerprint density at radius 1 is 1.00 bits per heavy atom. The van der Waals surface area contributed by atoms with E-state index in [0.717, 1.165) is 16.6 Å². The molecule has 3 aromatic rings. The van der Waals surface area contributed by atoms with Crippen molar-refractivity contribution < 1.29 is 5.11 Å². The predicted octanol–water partition coefficient (Wildman–Crippen LogP) is 3.76. The van der Waals surface area contributed by atoms with Gasteiger partial charge in [0.15, 0.2) is 0 Å². The van der Waals surface area contributed by atoms with Crippen LogP contribution in [0, 0.1) is 13.8 Å². The van der Waals surface area contributed by atoms with Gasteiger partial charge in [-0.15, -0.1) is 0 Å². The van der Waals surface area contributed by atoms with Crippen molar-refractivity contribution in [3.63, 3.8) is 0 Å². The van der Waals surface area contributed by atoms with Crippen LogP contribution in [0.25, 0.3) is 22.1 Å². The van der Waals surface area contributed by atoms with Crippen LogP contribution in [0.1, 0.15) is 11.1 Å². The van der Waals surface area contributed by atoms with Gasteiger partial charge in [0.05, 0.1) is 16.6 Å². The molecule has 1 heterocycles. The maximum atomic E-state index is 9.85. The van der Waals surface area contributed by atoms with E-state index in [2.05, 4.69) is 9.97 Å². The quantitative estimate of drug-likeness (QED) is 0.625. The molecule has 18 heavy (non-hydrogen) atoms. The summed E-state index contributed by atoms with van der Waals surface area (Å²) in [5, 5.41) is 10.3. The van der Waals surface area contributed by atoms with Gasteiger partial charge in [0.1, 0.15) is 11.3 Å². The third-order valence-corrected chi connectivity index (χ3v) is 3.40. The highest BCUT2D eigenvalue weighted by Crippen LogP contribution is 2.29. The number of halogens is 1. The Hall–Kier alpha value is -1.87. The molecular weight excluding hydrogens is 248 g/mol. The van der Waals surface area contributed by atoms with Crippen molar-refractivity contribution in [2.45, 2.75) is 13.8 Å². The lowest BCUT2D eigenvalue weighted by molar-refractivity contribution is 0.480. The molecule has 90 valence electrons. The van der Waals surface area contributed by atoms with E-state index in [1.807, 2.05) is 26.0 Å². The predicted molar refractivity (Wildman–Crippen MR) is 73.2 cm³/mol. The maximum absolute atomic E-state index is 9.85. The van der Waals surface area contributed by atoms with Gasteiger partial charge in [-0.25, -0.2) is 9.97 Å². The van der Waals surface area contributed by atoms with E-state index in [0.29, 0.717) is 16.1 Å². The standard InChI is InChI=1S/C14H11ClN2O/c1-7-3-4-10-13(8(7)2)17-11-5-9(15)6-12(18)14(11)16-10/h3-6,18H,1-2H3. The number of rotatable bonds is 0. The second-order valence-corrected chi connectivity index (χ2v) is 4.83. The molecule has 0 saturated heterocycles. The molecular formula is C14H11ClN2O. The van der Waals surface area contributed by atoms with Crippen LogP contribution in [-0.4, -0.2) is 15.1 Å². The fraction of sp³-hybridized carbons (Fsp3) is 0.143. The van der Waals surface area contributed by atoms with Crippen LogP contribution in [0.4, 0.5) is 0 Å². The SMILES string of the molecule is Cc1ccc2nc3c(O)cc(Cl)cc3nc2c1C. The Bertz CT molecular complexity index is 784. The van der Waals surface area contributed by atoms with Gasteiger partial charge in [-0.1, -0.05) is 17.7 Å². The molecule has 0 spiro atoms. The first-order chi connectivity index (χ1) is 8.56. The van der Waals surface area contributed by atoms with Crippen molar-refractivity contribution in [1.82, 2.24) is 9.97 Å². The molecule has 0 aliphatic heterocycles. The summed E-state index contributed by atoms with van der Waals surface area (Å²) in [6.07, 6.45) is 0. The van der Waals surface area contributed by atoms with Crippen LogP contribution >= 0.6 is 11.6 Å². The molecule has 1 aromatic heterocycles. The average molecular weight is 259 g/mol. The van der Waals surface area contributed by atoms with Crippen LogP contribution in [0.3, 0.4) is 0 Å². The van der Waals surface area contributed by atoms with Gasteiger partial charge in [-0.3, -0.25) is 0 Å². The molecule has 0 atom stereocenters. The lowest BCUT2D eigenvalue weighted by atomic mass is 10.1. The summed E-state index contributed by atoms with van der Waals surface area (Å²) < 4.78 is 0. The van der Waals surface area contributed by atoms with Gasteiger partial charge in [0.25, 0.3) is 0 Å². The van der Waals surface area contributed by atoms with E-state index in [4.69, 9.17) is 11.6 Å². The van der Waals surface area contributed by atoms with Crippen LogP contribution in [0.2, 0.25) is 5.02 Å². The van der Waals surface area contributed by atoms with Crippen LogP contribution in [0.15, 0.2) is 24.3 Å². The summed E-state index contributed by atoms with van der Waals surface area (Å²) in [4.78, 5) is 9.00. The number of aryl methyl sites for hydroxylation is 2. The molecule has 0 radical (unpaired) electrons.